The number of hydrogen-bond donors (Lipinski definition) is 2. The summed E-state index contributed by atoms with van der Waals surface area (Å²) in [6.07, 6.45) is 0. The van der Waals surface area contributed by atoms with Crippen LogP contribution in [0.1, 0.15) is 33.8 Å². The van der Waals surface area contributed by atoms with E-state index in [1.54, 1.807) is 16.8 Å². The Morgan fingerprint density at radius 2 is 1.55 bits per heavy atom. The number of anilines is 2. The van der Waals surface area contributed by atoms with Crippen LogP contribution in [-0.4, -0.2) is 24.7 Å². The molecule has 0 bridgehead atoms. The predicted molar refractivity (Wildman–Crippen MR) is 134 cm³/mol. The van der Waals surface area contributed by atoms with Gasteiger partial charge in [0.05, 0.1) is 30.2 Å². The maximum absolute atomic E-state index is 14.0. The molecule has 0 atom stereocenters. The quantitative estimate of drug-likeness (QED) is 0.378. The number of hydrogen-bond acceptors (Lipinski definition) is 3. The summed E-state index contributed by atoms with van der Waals surface area (Å²) in [7, 11) is 0. The number of halogens is 1. The van der Waals surface area contributed by atoms with Crippen LogP contribution in [0.5, 0.6) is 0 Å². The summed E-state index contributed by atoms with van der Waals surface area (Å²) >= 11 is 5.53. The highest BCUT2D eigenvalue weighted by Gasteiger charge is 2.15. The Morgan fingerprint density at radius 3 is 2.27 bits per heavy atom. The minimum absolute atomic E-state index is 0.243. The molecule has 170 valence electrons. The molecule has 0 fully saturated rings. The van der Waals surface area contributed by atoms with Gasteiger partial charge < -0.3 is 10.6 Å². The van der Waals surface area contributed by atoms with Crippen LogP contribution in [0, 0.1) is 33.5 Å². The van der Waals surface area contributed by atoms with E-state index in [4.69, 9.17) is 17.3 Å². The van der Waals surface area contributed by atoms with E-state index in [1.165, 1.54) is 17.2 Å². The number of aryl methyl sites for hydroxylation is 3. The minimum Gasteiger partial charge on any atom is -0.329 e. The number of benzene rings is 2. The van der Waals surface area contributed by atoms with E-state index < -0.39 is 0 Å². The molecule has 33 heavy (non-hydrogen) atoms. The van der Waals surface area contributed by atoms with E-state index in [9.17, 15) is 4.39 Å². The highest BCUT2D eigenvalue weighted by atomic mass is 32.1. The van der Waals surface area contributed by atoms with Crippen LogP contribution in [0.4, 0.5) is 15.9 Å². The third-order valence-electron chi connectivity index (χ3n) is 5.70. The van der Waals surface area contributed by atoms with Crippen LogP contribution < -0.4 is 10.6 Å². The first-order valence-corrected chi connectivity index (χ1v) is 11.2. The molecule has 0 spiro atoms. The van der Waals surface area contributed by atoms with Crippen LogP contribution in [-0.2, 0) is 13.1 Å². The molecule has 6 nitrogen and oxygen atoms in total. The van der Waals surface area contributed by atoms with Gasteiger partial charge in [-0.1, -0.05) is 42.5 Å². The first-order valence-electron chi connectivity index (χ1n) is 10.8. The average molecular weight is 463 g/mol. The maximum Gasteiger partial charge on any atom is 0.176 e. The van der Waals surface area contributed by atoms with Crippen LogP contribution in [0.25, 0.3) is 0 Å². The zero-order valence-corrected chi connectivity index (χ0v) is 20.0. The van der Waals surface area contributed by atoms with Crippen molar-refractivity contribution in [3.8, 4) is 0 Å². The Bertz CT molecular complexity index is 1310. The molecule has 0 aliphatic carbocycles. The lowest BCUT2D eigenvalue weighted by Crippen LogP contribution is -2.20. The summed E-state index contributed by atoms with van der Waals surface area (Å²) in [5.41, 5.74) is 6.70. The first kappa shape index (κ1) is 22.7. The van der Waals surface area contributed by atoms with Crippen molar-refractivity contribution in [2.45, 2.75) is 40.8 Å². The van der Waals surface area contributed by atoms with E-state index >= 15 is 0 Å². The van der Waals surface area contributed by atoms with Gasteiger partial charge in [-0.3, -0.25) is 9.36 Å². The van der Waals surface area contributed by atoms with Crippen LogP contribution in [0.2, 0.25) is 0 Å². The fourth-order valence-electron chi connectivity index (χ4n) is 3.76. The molecule has 4 aromatic rings. The van der Waals surface area contributed by atoms with Crippen molar-refractivity contribution < 1.29 is 4.39 Å². The van der Waals surface area contributed by atoms with Crippen molar-refractivity contribution in [2.24, 2.45) is 0 Å². The molecule has 8 heteroatoms. The number of aromatic nitrogens is 4. The molecule has 0 saturated carbocycles. The van der Waals surface area contributed by atoms with Gasteiger partial charge in [0.25, 0.3) is 0 Å². The third-order valence-corrected chi connectivity index (χ3v) is 5.91. The molecule has 2 heterocycles. The van der Waals surface area contributed by atoms with E-state index in [-0.39, 0.29) is 5.82 Å². The van der Waals surface area contributed by atoms with Gasteiger partial charge in [-0.05, 0) is 57.1 Å². The predicted octanol–water partition coefficient (Wildman–Crippen LogP) is 5.36. The summed E-state index contributed by atoms with van der Waals surface area (Å²) < 4.78 is 17.7. The second-order valence-corrected chi connectivity index (χ2v) is 8.54. The SMILES string of the molecule is Cc1ccccc1Cn1nc(C)c(NC(=S)Nc2cc(C)n(Cc3ccccc3F)n2)c1C. The smallest absolute Gasteiger partial charge is 0.176 e. The molecule has 0 unspecified atom stereocenters. The Hall–Kier alpha value is -3.52. The molecule has 2 N–H and O–H groups in total. The number of thiocarbonyl (C=S) groups is 1. The highest BCUT2D eigenvalue weighted by molar-refractivity contribution is 7.80. The molecule has 0 amide bonds. The summed E-state index contributed by atoms with van der Waals surface area (Å²) in [6.45, 7) is 9.06. The lowest BCUT2D eigenvalue weighted by Gasteiger charge is -2.10. The molecular weight excluding hydrogens is 435 g/mol. The molecule has 0 aliphatic heterocycles. The Kier molecular flexibility index (Phi) is 6.55. The Labute approximate surface area is 198 Å². The van der Waals surface area contributed by atoms with E-state index in [0.717, 1.165) is 22.8 Å². The number of nitrogens with zero attached hydrogens (tertiary/aromatic N) is 4. The van der Waals surface area contributed by atoms with Gasteiger partial charge in [0, 0.05) is 17.3 Å². The van der Waals surface area contributed by atoms with Crippen LogP contribution >= 0.6 is 12.2 Å². The molecular formula is C25H27FN6S. The van der Waals surface area contributed by atoms with Gasteiger partial charge in [0.1, 0.15) is 5.82 Å². The highest BCUT2D eigenvalue weighted by Crippen LogP contribution is 2.22. The Morgan fingerprint density at radius 1 is 0.879 bits per heavy atom. The monoisotopic (exact) mass is 462 g/mol. The van der Waals surface area contributed by atoms with Crippen molar-refractivity contribution in [3.63, 3.8) is 0 Å². The van der Waals surface area contributed by atoms with E-state index in [1.807, 2.05) is 49.7 Å². The largest absolute Gasteiger partial charge is 0.329 e. The summed E-state index contributed by atoms with van der Waals surface area (Å²) in [4.78, 5) is 0. The van der Waals surface area contributed by atoms with Crippen molar-refractivity contribution in [2.75, 3.05) is 10.6 Å². The van der Waals surface area contributed by atoms with Gasteiger partial charge in [-0.15, -0.1) is 0 Å². The number of rotatable bonds is 6. The normalized spacial score (nSPS) is 10.9. The molecule has 4 rings (SSSR count). The van der Waals surface area contributed by atoms with Gasteiger partial charge in [0.2, 0.25) is 0 Å². The fourth-order valence-corrected chi connectivity index (χ4v) is 3.97. The summed E-state index contributed by atoms with van der Waals surface area (Å²) in [5, 5.41) is 16.0. The van der Waals surface area contributed by atoms with Gasteiger partial charge >= 0.3 is 0 Å². The topological polar surface area (TPSA) is 59.7 Å². The summed E-state index contributed by atoms with van der Waals surface area (Å²) in [5.74, 6) is 0.358. The van der Waals surface area contributed by atoms with Gasteiger partial charge in [-0.2, -0.15) is 10.2 Å². The van der Waals surface area contributed by atoms with Crippen LogP contribution in [0.3, 0.4) is 0 Å². The first-order chi connectivity index (χ1) is 15.8. The zero-order valence-electron chi connectivity index (χ0n) is 19.2. The van der Waals surface area contributed by atoms with E-state index in [0.29, 0.717) is 29.6 Å². The fraction of sp³-hybridized carbons (Fsp3) is 0.240. The third kappa shape index (κ3) is 5.12. The number of nitrogens with one attached hydrogen (secondary N) is 2. The minimum atomic E-state index is -0.243. The maximum atomic E-state index is 14.0. The Balaban J connectivity index is 1.45. The van der Waals surface area contributed by atoms with Crippen molar-refractivity contribution in [1.82, 2.24) is 19.6 Å². The van der Waals surface area contributed by atoms with Gasteiger partial charge in [-0.25, -0.2) is 4.39 Å². The van der Waals surface area contributed by atoms with Crippen molar-refractivity contribution in [3.05, 3.63) is 94.2 Å². The zero-order chi connectivity index (χ0) is 23.5. The van der Waals surface area contributed by atoms with Crippen molar-refractivity contribution >= 4 is 28.8 Å². The second kappa shape index (κ2) is 9.54. The lowest BCUT2D eigenvalue weighted by molar-refractivity contribution is 0.581. The van der Waals surface area contributed by atoms with Crippen LogP contribution in [0.15, 0.2) is 54.6 Å². The molecule has 2 aromatic heterocycles. The second-order valence-electron chi connectivity index (χ2n) is 8.13. The van der Waals surface area contributed by atoms with Gasteiger partial charge in [0.15, 0.2) is 10.9 Å². The lowest BCUT2D eigenvalue weighted by atomic mass is 10.1. The summed E-state index contributed by atoms with van der Waals surface area (Å²) in [6, 6.07) is 16.9. The van der Waals surface area contributed by atoms with E-state index in [2.05, 4.69) is 34.8 Å². The molecule has 2 aromatic carbocycles. The average Bonchev–Trinajstić information content (AvgIpc) is 3.24. The molecule has 0 aliphatic rings. The standard InChI is InChI=1S/C25H27FN6S/c1-16-9-5-6-10-20(16)14-32-19(4)24(18(3)29-32)28-25(33)27-23-13-17(2)31(30-23)15-21-11-7-8-12-22(21)26/h5-13H,14-15H2,1-4H3,(H2,27,28,30,33). The molecule has 0 saturated heterocycles. The van der Waals surface area contributed by atoms with Crippen molar-refractivity contribution in [1.29, 1.82) is 0 Å². The molecule has 0 radical (unpaired) electrons.